The van der Waals surface area contributed by atoms with E-state index in [0.29, 0.717) is 5.75 Å². The van der Waals surface area contributed by atoms with Crippen LogP contribution in [0.5, 0.6) is 5.75 Å². The molecule has 106 valence electrons. The lowest BCUT2D eigenvalue weighted by atomic mass is 10.0. The summed E-state index contributed by atoms with van der Waals surface area (Å²) in [6, 6.07) is 7.76. The third kappa shape index (κ3) is 3.81. The number of pyridine rings is 1. The molecule has 0 aliphatic heterocycles. The molecule has 0 saturated carbocycles. The molecule has 2 aromatic rings. The van der Waals surface area contributed by atoms with Gasteiger partial charge in [-0.3, -0.25) is 4.98 Å². The highest BCUT2D eigenvalue weighted by molar-refractivity contribution is 9.10. The number of hydrogen-bond donors (Lipinski definition) is 2. The van der Waals surface area contributed by atoms with E-state index in [1.165, 1.54) is 0 Å². The maximum Gasteiger partial charge on any atom is 0.120 e. The summed E-state index contributed by atoms with van der Waals surface area (Å²) in [5, 5.41) is 13.5. The van der Waals surface area contributed by atoms with Crippen molar-refractivity contribution in [3.05, 3.63) is 57.8 Å². The third-order valence-electron chi connectivity index (χ3n) is 3.26. The molecular weight excluding hydrogens is 316 g/mol. The van der Waals surface area contributed by atoms with Crippen LogP contribution in [0.15, 0.2) is 41.1 Å². The molecule has 3 nitrogen and oxygen atoms in total. The smallest absolute Gasteiger partial charge is 0.120 e. The van der Waals surface area contributed by atoms with Crippen molar-refractivity contribution in [1.82, 2.24) is 10.3 Å². The molecule has 2 rings (SSSR count). The Hall–Kier alpha value is -1.39. The first kappa shape index (κ1) is 15.0. The SMILES string of the molecule is CCC(NCc1cncc(C)c1)c1cc(Br)ccc1O. The number of hydrogen-bond acceptors (Lipinski definition) is 3. The maximum absolute atomic E-state index is 10.0. The molecule has 1 aromatic heterocycles. The quantitative estimate of drug-likeness (QED) is 0.865. The summed E-state index contributed by atoms with van der Waals surface area (Å²) < 4.78 is 0.975. The molecule has 1 unspecified atom stereocenters. The fourth-order valence-electron chi connectivity index (χ4n) is 2.23. The number of aryl methyl sites for hydroxylation is 1. The largest absolute Gasteiger partial charge is 0.508 e. The zero-order chi connectivity index (χ0) is 14.5. The number of phenolic OH excluding ortho intramolecular Hbond substituents is 1. The van der Waals surface area contributed by atoms with Gasteiger partial charge in [-0.15, -0.1) is 0 Å². The van der Waals surface area contributed by atoms with Crippen molar-refractivity contribution in [2.45, 2.75) is 32.9 Å². The zero-order valence-corrected chi connectivity index (χ0v) is 13.3. The van der Waals surface area contributed by atoms with E-state index < -0.39 is 0 Å². The molecule has 0 amide bonds. The molecule has 0 spiro atoms. The Bertz CT molecular complexity index is 586. The van der Waals surface area contributed by atoms with Gasteiger partial charge in [-0.1, -0.05) is 28.9 Å². The lowest BCUT2D eigenvalue weighted by Gasteiger charge is -2.19. The molecule has 0 aliphatic rings. The second-order valence-corrected chi connectivity index (χ2v) is 5.83. The van der Waals surface area contributed by atoms with E-state index in [9.17, 15) is 5.11 Å². The Kier molecular flexibility index (Phi) is 5.15. The van der Waals surface area contributed by atoms with Gasteiger partial charge in [-0.2, -0.15) is 0 Å². The van der Waals surface area contributed by atoms with Gasteiger partial charge in [0.05, 0.1) is 0 Å². The van der Waals surface area contributed by atoms with Gasteiger partial charge < -0.3 is 10.4 Å². The summed E-state index contributed by atoms with van der Waals surface area (Å²) >= 11 is 3.45. The number of nitrogens with zero attached hydrogens (tertiary/aromatic N) is 1. The highest BCUT2D eigenvalue weighted by Crippen LogP contribution is 2.29. The Morgan fingerprint density at radius 1 is 1.30 bits per heavy atom. The highest BCUT2D eigenvalue weighted by atomic mass is 79.9. The van der Waals surface area contributed by atoms with Crippen LogP contribution in [-0.2, 0) is 6.54 Å². The van der Waals surface area contributed by atoms with E-state index in [4.69, 9.17) is 0 Å². The first-order chi connectivity index (χ1) is 9.60. The van der Waals surface area contributed by atoms with Crippen molar-refractivity contribution in [3.8, 4) is 5.75 Å². The Labute approximate surface area is 128 Å². The van der Waals surface area contributed by atoms with Crippen LogP contribution in [0.1, 0.15) is 36.1 Å². The standard InChI is InChI=1S/C16H19BrN2O/c1-3-15(14-7-13(17)4-5-16(14)20)19-10-12-6-11(2)8-18-9-12/h4-9,15,19-20H,3,10H2,1-2H3. The zero-order valence-electron chi connectivity index (χ0n) is 11.7. The predicted molar refractivity (Wildman–Crippen MR) is 84.7 cm³/mol. The molecule has 1 atom stereocenters. The van der Waals surface area contributed by atoms with E-state index in [1.807, 2.05) is 31.5 Å². The molecule has 1 aromatic carbocycles. The van der Waals surface area contributed by atoms with Crippen LogP contribution in [0.3, 0.4) is 0 Å². The van der Waals surface area contributed by atoms with Crippen molar-refractivity contribution in [2.24, 2.45) is 0 Å². The highest BCUT2D eigenvalue weighted by Gasteiger charge is 2.13. The summed E-state index contributed by atoms with van der Waals surface area (Å²) in [5.74, 6) is 0.329. The van der Waals surface area contributed by atoms with Crippen molar-refractivity contribution >= 4 is 15.9 Å². The first-order valence-corrected chi connectivity index (χ1v) is 7.51. The molecule has 0 bridgehead atoms. The number of halogens is 1. The van der Waals surface area contributed by atoms with Crippen LogP contribution in [-0.4, -0.2) is 10.1 Å². The minimum Gasteiger partial charge on any atom is -0.508 e. The van der Waals surface area contributed by atoms with Gasteiger partial charge in [0.15, 0.2) is 0 Å². The molecule has 1 heterocycles. The van der Waals surface area contributed by atoms with E-state index in [-0.39, 0.29) is 6.04 Å². The third-order valence-corrected chi connectivity index (χ3v) is 3.75. The Morgan fingerprint density at radius 3 is 2.80 bits per heavy atom. The average molecular weight is 335 g/mol. The van der Waals surface area contributed by atoms with Crippen molar-refractivity contribution in [3.63, 3.8) is 0 Å². The van der Waals surface area contributed by atoms with Crippen LogP contribution in [0.25, 0.3) is 0 Å². The van der Waals surface area contributed by atoms with Crippen LogP contribution in [0, 0.1) is 6.92 Å². The minimum atomic E-state index is 0.119. The van der Waals surface area contributed by atoms with Gasteiger partial charge in [0.25, 0.3) is 0 Å². The summed E-state index contributed by atoms with van der Waals surface area (Å²) in [5.41, 5.74) is 3.23. The van der Waals surface area contributed by atoms with Gasteiger partial charge in [0.1, 0.15) is 5.75 Å². The van der Waals surface area contributed by atoms with Gasteiger partial charge in [-0.25, -0.2) is 0 Å². The van der Waals surface area contributed by atoms with Gasteiger partial charge in [0, 0.05) is 35.0 Å². The van der Waals surface area contributed by atoms with Crippen molar-refractivity contribution < 1.29 is 5.11 Å². The van der Waals surface area contributed by atoms with E-state index >= 15 is 0 Å². The topological polar surface area (TPSA) is 45.2 Å². The second kappa shape index (κ2) is 6.86. The number of phenols is 1. The fraction of sp³-hybridized carbons (Fsp3) is 0.312. The summed E-state index contributed by atoms with van der Waals surface area (Å²) in [4.78, 5) is 4.20. The molecule has 0 fully saturated rings. The molecule has 2 N–H and O–H groups in total. The molecule has 0 radical (unpaired) electrons. The van der Waals surface area contributed by atoms with Gasteiger partial charge in [-0.05, 0) is 42.7 Å². The van der Waals surface area contributed by atoms with Gasteiger partial charge in [0.2, 0.25) is 0 Å². The molecular formula is C16H19BrN2O. The lowest BCUT2D eigenvalue weighted by molar-refractivity contribution is 0.440. The number of nitrogens with one attached hydrogen (secondary N) is 1. The predicted octanol–water partition coefficient (Wildman–Crippen LogP) is 4.10. The maximum atomic E-state index is 10.0. The number of aromatic nitrogens is 1. The minimum absolute atomic E-state index is 0.119. The van der Waals surface area contributed by atoms with Crippen molar-refractivity contribution in [2.75, 3.05) is 0 Å². The molecule has 20 heavy (non-hydrogen) atoms. The van der Waals surface area contributed by atoms with Crippen LogP contribution < -0.4 is 5.32 Å². The summed E-state index contributed by atoms with van der Waals surface area (Å²) in [6.45, 7) is 4.87. The normalized spacial score (nSPS) is 12.3. The second-order valence-electron chi connectivity index (χ2n) is 4.92. The number of aromatic hydroxyl groups is 1. The van der Waals surface area contributed by atoms with E-state index in [2.05, 4.69) is 39.2 Å². The summed E-state index contributed by atoms with van der Waals surface area (Å²) in [6.07, 6.45) is 4.62. The first-order valence-electron chi connectivity index (χ1n) is 6.72. The number of rotatable bonds is 5. The fourth-order valence-corrected chi connectivity index (χ4v) is 2.61. The molecule has 0 saturated heterocycles. The molecule has 4 heteroatoms. The number of benzene rings is 1. The molecule has 0 aliphatic carbocycles. The van der Waals surface area contributed by atoms with Crippen LogP contribution in [0.4, 0.5) is 0 Å². The summed E-state index contributed by atoms with van der Waals surface area (Å²) in [7, 11) is 0. The average Bonchev–Trinajstić information content (AvgIpc) is 2.43. The Morgan fingerprint density at radius 2 is 2.10 bits per heavy atom. The monoisotopic (exact) mass is 334 g/mol. The van der Waals surface area contributed by atoms with Gasteiger partial charge >= 0.3 is 0 Å². The lowest BCUT2D eigenvalue weighted by Crippen LogP contribution is -2.20. The van der Waals surface area contributed by atoms with E-state index in [0.717, 1.165) is 34.1 Å². The van der Waals surface area contributed by atoms with Crippen LogP contribution in [0.2, 0.25) is 0 Å². The Balaban J connectivity index is 2.11. The van der Waals surface area contributed by atoms with Crippen molar-refractivity contribution in [1.29, 1.82) is 0 Å². The van der Waals surface area contributed by atoms with E-state index in [1.54, 1.807) is 6.07 Å². The van der Waals surface area contributed by atoms with Crippen LogP contribution >= 0.6 is 15.9 Å².